The van der Waals surface area contributed by atoms with Crippen LogP contribution in [0.4, 0.5) is 10.1 Å². The number of benzene rings is 2. The number of aryl methyl sites for hydroxylation is 1. The molecule has 8 heteroatoms. The van der Waals surface area contributed by atoms with Crippen LogP contribution in [0, 0.1) is 18.7 Å². The second-order valence-electron chi connectivity index (χ2n) is 9.56. The molecule has 1 aliphatic rings. The highest BCUT2D eigenvalue weighted by molar-refractivity contribution is 6.30. The average molecular weight is 504 g/mol. The number of alkyl halides is 1. The van der Waals surface area contributed by atoms with E-state index in [4.69, 9.17) is 16.3 Å². The summed E-state index contributed by atoms with van der Waals surface area (Å²) in [7, 11) is 0. The van der Waals surface area contributed by atoms with Crippen LogP contribution in [-0.4, -0.2) is 54.4 Å². The maximum atomic E-state index is 14.1. The van der Waals surface area contributed by atoms with E-state index in [-0.39, 0.29) is 23.9 Å². The summed E-state index contributed by atoms with van der Waals surface area (Å²) in [4.78, 5) is 30.6. The van der Waals surface area contributed by atoms with Gasteiger partial charge in [-0.3, -0.25) is 14.5 Å². The first-order chi connectivity index (χ1) is 16.6. The lowest BCUT2D eigenvalue weighted by atomic mass is 9.98. The van der Waals surface area contributed by atoms with Crippen molar-refractivity contribution in [3.05, 3.63) is 59.4 Å². The number of carbonyl (C=O) groups excluding carboxylic acids is 2. The summed E-state index contributed by atoms with van der Waals surface area (Å²) in [5, 5.41) is 3.46. The second kappa shape index (κ2) is 11.9. The number of halogens is 2. The van der Waals surface area contributed by atoms with Crippen molar-refractivity contribution in [3.8, 4) is 5.75 Å². The Balaban J connectivity index is 2.09. The predicted molar refractivity (Wildman–Crippen MR) is 137 cm³/mol. The van der Waals surface area contributed by atoms with Crippen molar-refractivity contribution < 1.29 is 18.7 Å². The number of carbonyl (C=O) groups is 2. The van der Waals surface area contributed by atoms with Gasteiger partial charge in [-0.15, -0.1) is 11.6 Å². The van der Waals surface area contributed by atoms with Crippen molar-refractivity contribution in [3.63, 3.8) is 0 Å². The molecular weight excluding hydrogens is 469 g/mol. The minimum absolute atomic E-state index is 0.00372. The summed E-state index contributed by atoms with van der Waals surface area (Å²) >= 11 is 6.05. The number of anilines is 1. The number of rotatable bonds is 8. The van der Waals surface area contributed by atoms with Crippen LogP contribution < -0.4 is 15.0 Å². The first-order valence-corrected chi connectivity index (χ1v) is 12.6. The quantitative estimate of drug-likeness (QED) is 0.531. The monoisotopic (exact) mass is 503 g/mol. The van der Waals surface area contributed by atoms with Crippen LogP contribution in [0.1, 0.15) is 44.9 Å². The van der Waals surface area contributed by atoms with Gasteiger partial charge in [0.1, 0.15) is 23.5 Å². The van der Waals surface area contributed by atoms with Crippen LogP contribution in [0.3, 0.4) is 0 Å². The van der Waals surface area contributed by atoms with Crippen LogP contribution in [0.2, 0.25) is 0 Å². The Morgan fingerprint density at radius 3 is 2.43 bits per heavy atom. The molecule has 3 rings (SSSR count). The Labute approximate surface area is 212 Å². The Morgan fingerprint density at radius 2 is 1.86 bits per heavy atom. The lowest BCUT2D eigenvalue weighted by Gasteiger charge is -2.40. The number of piperazine rings is 1. The highest BCUT2D eigenvalue weighted by Crippen LogP contribution is 2.34. The third-order valence-electron chi connectivity index (χ3n) is 6.18. The van der Waals surface area contributed by atoms with Gasteiger partial charge in [0.05, 0.1) is 6.10 Å². The highest BCUT2D eigenvalue weighted by Gasteiger charge is 2.37. The molecule has 2 aromatic carbocycles. The van der Waals surface area contributed by atoms with E-state index in [2.05, 4.69) is 19.2 Å². The molecule has 2 amide bonds. The molecule has 1 saturated heterocycles. The van der Waals surface area contributed by atoms with Crippen molar-refractivity contribution in [2.45, 2.75) is 52.8 Å². The molecule has 35 heavy (non-hydrogen) atoms. The number of nitrogens with one attached hydrogen (secondary N) is 1. The topological polar surface area (TPSA) is 61.9 Å². The molecule has 1 heterocycles. The Bertz CT molecular complexity index is 1030. The Hall–Kier alpha value is -2.64. The van der Waals surface area contributed by atoms with Gasteiger partial charge in [0.2, 0.25) is 5.91 Å². The van der Waals surface area contributed by atoms with E-state index in [0.29, 0.717) is 42.6 Å². The van der Waals surface area contributed by atoms with E-state index in [9.17, 15) is 14.0 Å². The van der Waals surface area contributed by atoms with Crippen molar-refractivity contribution >= 4 is 29.1 Å². The van der Waals surface area contributed by atoms with Gasteiger partial charge in [0.15, 0.2) is 0 Å². The van der Waals surface area contributed by atoms with Crippen LogP contribution in [0.15, 0.2) is 42.5 Å². The summed E-state index contributed by atoms with van der Waals surface area (Å²) in [5.74, 6) is -0.333. The molecule has 0 spiro atoms. The molecule has 0 unspecified atom stereocenters. The molecule has 2 atom stereocenters. The Morgan fingerprint density at radius 1 is 1.17 bits per heavy atom. The van der Waals surface area contributed by atoms with Gasteiger partial charge in [-0.05, 0) is 68.1 Å². The van der Waals surface area contributed by atoms with Gasteiger partial charge < -0.3 is 15.0 Å². The molecule has 0 radical (unpaired) electrons. The molecule has 1 fully saturated rings. The lowest BCUT2D eigenvalue weighted by Crippen LogP contribution is -2.57. The maximum Gasteiger partial charge on any atom is 0.250 e. The summed E-state index contributed by atoms with van der Waals surface area (Å²) in [6.07, 6.45) is -0.00372. The van der Waals surface area contributed by atoms with E-state index in [0.717, 1.165) is 5.56 Å². The average Bonchev–Trinajstić information content (AvgIpc) is 2.83. The summed E-state index contributed by atoms with van der Waals surface area (Å²) in [6.45, 7) is 11.7. The molecule has 0 bridgehead atoms. The molecule has 0 aromatic heterocycles. The zero-order valence-corrected chi connectivity index (χ0v) is 21.8. The van der Waals surface area contributed by atoms with E-state index >= 15 is 0 Å². The van der Waals surface area contributed by atoms with E-state index in [1.807, 2.05) is 26.8 Å². The zero-order valence-electron chi connectivity index (χ0n) is 21.1. The molecule has 0 aliphatic carbocycles. The SMILES string of the molecule is Cc1cc(OC(C)C)ccc1N(C(=O)CCl)[C@@H](C(=O)N1CCN[C@@H](C(C)C)C1)c1ccc(F)cc1. The van der Waals surface area contributed by atoms with Crippen LogP contribution in [0.5, 0.6) is 5.75 Å². The number of nitrogens with zero attached hydrogens (tertiary/aromatic N) is 2. The standard InChI is InChI=1S/C27H35ClFN3O3/c1-17(2)23-16-31(13-12-30-23)27(34)26(20-6-8-21(29)9-7-20)32(25(33)15-28)24-11-10-22(14-19(24)5)35-18(3)4/h6-11,14,17-18,23,26,30H,12-13,15-16H2,1-5H3/t23-,26-/m1/s1. The summed E-state index contributed by atoms with van der Waals surface area (Å²) in [5.41, 5.74) is 1.85. The zero-order chi connectivity index (χ0) is 25.7. The lowest BCUT2D eigenvalue weighted by molar-refractivity contribution is -0.135. The fourth-order valence-corrected chi connectivity index (χ4v) is 4.50. The fourth-order valence-electron chi connectivity index (χ4n) is 4.37. The van der Waals surface area contributed by atoms with Crippen LogP contribution in [0.25, 0.3) is 0 Å². The minimum Gasteiger partial charge on any atom is -0.491 e. The van der Waals surface area contributed by atoms with Gasteiger partial charge in [0, 0.05) is 31.4 Å². The second-order valence-corrected chi connectivity index (χ2v) is 9.82. The van der Waals surface area contributed by atoms with Gasteiger partial charge in [-0.25, -0.2) is 4.39 Å². The van der Waals surface area contributed by atoms with Gasteiger partial charge >= 0.3 is 0 Å². The number of amides is 2. The minimum atomic E-state index is -0.983. The number of hydrogen-bond donors (Lipinski definition) is 1. The van der Waals surface area contributed by atoms with E-state index < -0.39 is 17.8 Å². The normalized spacial score (nSPS) is 16.9. The highest BCUT2D eigenvalue weighted by atomic mass is 35.5. The number of ether oxygens (including phenoxy) is 1. The summed E-state index contributed by atoms with van der Waals surface area (Å²) < 4.78 is 19.6. The van der Waals surface area contributed by atoms with Gasteiger partial charge in [-0.1, -0.05) is 26.0 Å². The maximum absolute atomic E-state index is 14.1. The van der Waals surface area contributed by atoms with E-state index in [1.54, 1.807) is 29.2 Å². The molecule has 190 valence electrons. The fraction of sp³-hybridized carbons (Fsp3) is 0.481. The first-order valence-electron chi connectivity index (χ1n) is 12.0. The molecule has 1 aliphatic heterocycles. The van der Waals surface area contributed by atoms with Crippen molar-refractivity contribution in [2.24, 2.45) is 5.92 Å². The molecule has 6 nitrogen and oxygen atoms in total. The van der Waals surface area contributed by atoms with Crippen molar-refractivity contribution in [1.29, 1.82) is 0 Å². The smallest absolute Gasteiger partial charge is 0.250 e. The van der Waals surface area contributed by atoms with Crippen molar-refractivity contribution in [2.75, 3.05) is 30.4 Å². The van der Waals surface area contributed by atoms with Crippen LogP contribution >= 0.6 is 11.6 Å². The first kappa shape index (κ1) is 27.0. The third kappa shape index (κ3) is 6.53. The van der Waals surface area contributed by atoms with Crippen molar-refractivity contribution in [1.82, 2.24) is 10.2 Å². The van der Waals surface area contributed by atoms with E-state index in [1.165, 1.54) is 17.0 Å². The third-order valence-corrected chi connectivity index (χ3v) is 6.41. The predicted octanol–water partition coefficient (Wildman–Crippen LogP) is 4.69. The number of hydrogen-bond acceptors (Lipinski definition) is 4. The molecular formula is C27H35ClFN3O3. The molecule has 2 aromatic rings. The van der Waals surface area contributed by atoms with Gasteiger partial charge in [0.25, 0.3) is 5.91 Å². The largest absolute Gasteiger partial charge is 0.491 e. The molecule has 1 N–H and O–H groups in total. The van der Waals surface area contributed by atoms with Crippen LogP contribution in [-0.2, 0) is 9.59 Å². The Kier molecular flexibility index (Phi) is 9.14. The summed E-state index contributed by atoms with van der Waals surface area (Å²) in [6, 6.07) is 10.3. The van der Waals surface area contributed by atoms with Gasteiger partial charge in [-0.2, -0.15) is 0 Å². The molecule has 0 saturated carbocycles.